The maximum atomic E-state index is 13.9. The van der Waals surface area contributed by atoms with E-state index in [1.807, 2.05) is 24.3 Å². The third kappa shape index (κ3) is 2.18. The largest absolute Gasteiger partial charge is 0.299 e. The van der Waals surface area contributed by atoms with Crippen molar-refractivity contribution >= 4 is 21.7 Å². The lowest BCUT2D eigenvalue weighted by Crippen LogP contribution is -2.27. The quantitative estimate of drug-likeness (QED) is 0.768. The smallest absolute Gasteiger partial charge is 0.145 e. The van der Waals surface area contributed by atoms with Crippen LogP contribution in [-0.2, 0) is 17.6 Å². The lowest BCUT2D eigenvalue weighted by Gasteiger charge is -2.28. The van der Waals surface area contributed by atoms with Gasteiger partial charge in [0.25, 0.3) is 0 Å². The van der Waals surface area contributed by atoms with Crippen molar-refractivity contribution in [2.24, 2.45) is 0 Å². The molecular weight excluding hydrogens is 326 g/mol. The van der Waals surface area contributed by atoms with Crippen LogP contribution in [0.5, 0.6) is 0 Å². The fraction of sp³-hybridized carbons (Fsp3) is 0.188. The minimum Gasteiger partial charge on any atom is -0.299 e. The number of halogens is 3. The third-order valence-electron chi connectivity index (χ3n) is 3.73. The highest BCUT2D eigenvalue weighted by Gasteiger charge is 2.32. The Morgan fingerprint density at radius 1 is 1.20 bits per heavy atom. The summed E-state index contributed by atoms with van der Waals surface area (Å²) in [4.78, 5) is 12.2. The van der Waals surface area contributed by atoms with E-state index in [1.54, 1.807) is 0 Å². The van der Waals surface area contributed by atoms with Crippen LogP contribution in [0.1, 0.15) is 22.6 Å². The molecule has 20 heavy (non-hydrogen) atoms. The number of hydrogen-bond acceptors (Lipinski definition) is 1. The lowest BCUT2D eigenvalue weighted by molar-refractivity contribution is -0.120. The SMILES string of the molecule is O=C(Cc1c(F)ccc(Br)c1F)C1Cc2ccccc21. The summed E-state index contributed by atoms with van der Waals surface area (Å²) < 4.78 is 27.7. The average Bonchev–Trinajstić information content (AvgIpc) is 2.41. The molecule has 1 aliphatic carbocycles. The van der Waals surface area contributed by atoms with E-state index in [9.17, 15) is 13.6 Å². The van der Waals surface area contributed by atoms with Crippen LogP contribution in [0, 0.1) is 11.6 Å². The molecule has 0 fully saturated rings. The van der Waals surface area contributed by atoms with Crippen LogP contribution in [-0.4, -0.2) is 5.78 Å². The highest BCUT2D eigenvalue weighted by molar-refractivity contribution is 9.10. The molecule has 0 saturated heterocycles. The van der Waals surface area contributed by atoms with Gasteiger partial charge in [0, 0.05) is 17.9 Å². The standard InChI is InChI=1S/C16H11BrF2O/c17-13-5-6-14(18)12(16(13)19)8-15(20)11-7-9-3-1-2-4-10(9)11/h1-6,11H,7-8H2. The van der Waals surface area contributed by atoms with Crippen molar-refractivity contribution in [2.45, 2.75) is 18.8 Å². The predicted octanol–water partition coefficient (Wildman–Crippen LogP) is 4.18. The van der Waals surface area contributed by atoms with Gasteiger partial charge in [0.15, 0.2) is 0 Å². The van der Waals surface area contributed by atoms with E-state index in [2.05, 4.69) is 15.9 Å². The van der Waals surface area contributed by atoms with Crippen molar-refractivity contribution in [1.29, 1.82) is 0 Å². The van der Waals surface area contributed by atoms with Crippen molar-refractivity contribution < 1.29 is 13.6 Å². The van der Waals surface area contributed by atoms with E-state index >= 15 is 0 Å². The Morgan fingerprint density at radius 2 is 1.95 bits per heavy atom. The molecule has 1 atom stereocenters. The topological polar surface area (TPSA) is 17.1 Å². The molecule has 0 spiro atoms. The Labute approximate surface area is 123 Å². The van der Waals surface area contributed by atoms with Gasteiger partial charge in [-0.15, -0.1) is 0 Å². The van der Waals surface area contributed by atoms with Gasteiger partial charge in [-0.2, -0.15) is 0 Å². The lowest BCUT2D eigenvalue weighted by atomic mass is 9.74. The molecule has 2 aromatic carbocycles. The summed E-state index contributed by atoms with van der Waals surface area (Å²) in [5.74, 6) is -1.74. The number of carbonyl (C=O) groups is 1. The van der Waals surface area contributed by atoms with Crippen LogP contribution in [0.25, 0.3) is 0 Å². The van der Waals surface area contributed by atoms with Gasteiger partial charge in [0.1, 0.15) is 17.4 Å². The highest BCUT2D eigenvalue weighted by Crippen LogP contribution is 2.36. The van der Waals surface area contributed by atoms with E-state index in [0.717, 1.165) is 11.1 Å². The van der Waals surface area contributed by atoms with Crippen molar-refractivity contribution in [1.82, 2.24) is 0 Å². The van der Waals surface area contributed by atoms with Crippen LogP contribution in [0.3, 0.4) is 0 Å². The summed E-state index contributed by atoms with van der Waals surface area (Å²) in [7, 11) is 0. The molecule has 4 heteroatoms. The molecule has 0 aromatic heterocycles. The number of carbonyl (C=O) groups excluding carboxylic acids is 1. The maximum Gasteiger partial charge on any atom is 0.145 e. The second-order valence-corrected chi connectivity index (χ2v) is 5.77. The van der Waals surface area contributed by atoms with Crippen LogP contribution < -0.4 is 0 Å². The molecule has 1 unspecified atom stereocenters. The van der Waals surface area contributed by atoms with Crippen molar-refractivity contribution in [3.8, 4) is 0 Å². The van der Waals surface area contributed by atoms with Gasteiger partial charge in [-0.3, -0.25) is 4.79 Å². The molecule has 0 aliphatic heterocycles. The Morgan fingerprint density at radius 3 is 2.70 bits per heavy atom. The van der Waals surface area contributed by atoms with E-state index in [0.29, 0.717) is 6.42 Å². The molecule has 0 radical (unpaired) electrons. The Kier molecular flexibility index (Phi) is 3.42. The number of fused-ring (bicyclic) bond motifs is 1. The van der Waals surface area contributed by atoms with Crippen molar-refractivity contribution in [3.05, 3.63) is 69.2 Å². The van der Waals surface area contributed by atoms with E-state index in [4.69, 9.17) is 0 Å². The number of Topliss-reactive ketones (excluding diaryl/α,β-unsaturated/α-hetero) is 1. The van der Waals surface area contributed by atoms with Crippen LogP contribution >= 0.6 is 15.9 Å². The molecule has 1 aliphatic rings. The first-order valence-corrected chi connectivity index (χ1v) is 7.10. The number of ketones is 1. The zero-order valence-corrected chi connectivity index (χ0v) is 12.1. The summed E-state index contributed by atoms with van der Waals surface area (Å²) >= 11 is 3.01. The van der Waals surface area contributed by atoms with Gasteiger partial charge in [-0.1, -0.05) is 24.3 Å². The monoisotopic (exact) mass is 336 g/mol. The second-order valence-electron chi connectivity index (χ2n) is 4.92. The van der Waals surface area contributed by atoms with Crippen molar-refractivity contribution in [3.63, 3.8) is 0 Å². The van der Waals surface area contributed by atoms with Gasteiger partial charge >= 0.3 is 0 Å². The van der Waals surface area contributed by atoms with Crippen LogP contribution in [0.2, 0.25) is 0 Å². The van der Waals surface area contributed by atoms with Crippen molar-refractivity contribution in [2.75, 3.05) is 0 Å². The first kappa shape index (κ1) is 13.4. The Hall–Kier alpha value is -1.55. The summed E-state index contributed by atoms with van der Waals surface area (Å²) in [6.07, 6.45) is 0.447. The van der Waals surface area contributed by atoms with Gasteiger partial charge in [0.05, 0.1) is 4.47 Å². The fourth-order valence-electron chi connectivity index (χ4n) is 2.57. The molecule has 0 bridgehead atoms. The first-order valence-electron chi connectivity index (χ1n) is 6.31. The molecule has 0 heterocycles. The highest BCUT2D eigenvalue weighted by atomic mass is 79.9. The zero-order valence-electron chi connectivity index (χ0n) is 10.5. The zero-order chi connectivity index (χ0) is 14.3. The number of rotatable bonds is 3. The normalized spacial score (nSPS) is 16.4. The van der Waals surface area contributed by atoms with Gasteiger partial charge < -0.3 is 0 Å². The Balaban J connectivity index is 1.84. The second kappa shape index (κ2) is 5.09. The third-order valence-corrected chi connectivity index (χ3v) is 4.35. The molecular formula is C16H11BrF2O. The molecule has 102 valence electrons. The maximum absolute atomic E-state index is 13.9. The van der Waals surface area contributed by atoms with E-state index < -0.39 is 11.6 Å². The summed E-state index contributed by atoms with van der Waals surface area (Å²) in [6, 6.07) is 10.1. The summed E-state index contributed by atoms with van der Waals surface area (Å²) in [6.45, 7) is 0. The summed E-state index contributed by atoms with van der Waals surface area (Å²) in [5.41, 5.74) is 1.96. The molecule has 3 rings (SSSR count). The van der Waals surface area contributed by atoms with Gasteiger partial charge in [0.2, 0.25) is 0 Å². The number of hydrogen-bond donors (Lipinski definition) is 0. The van der Waals surface area contributed by atoms with E-state index in [-0.39, 0.29) is 28.2 Å². The average molecular weight is 337 g/mol. The van der Waals surface area contributed by atoms with E-state index in [1.165, 1.54) is 12.1 Å². The van der Waals surface area contributed by atoms with Crippen LogP contribution in [0.15, 0.2) is 40.9 Å². The fourth-order valence-corrected chi connectivity index (χ4v) is 2.95. The number of benzene rings is 2. The molecule has 0 amide bonds. The Bertz CT molecular complexity index is 697. The van der Waals surface area contributed by atoms with Gasteiger partial charge in [-0.25, -0.2) is 8.78 Å². The summed E-state index contributed by atoms with van der Waals surface area (Å²) in [5, 5.41) is 0. The van der Waals surface area contributed by atoms with Crippen LogP contribution in [0.4, 0.5) is 8.78 Å². The molecule has 0 saturated carbocycles. The predicted molar refractivity (Wildman–Crippen MR) is 75.7 cm³/mol. The van der Waals surface area contributed by atoms with Gasteiger partial charge in [-0.05, 0) is 45.6 Å². The molecule has 2 aromatic rings. The minimum atomic E-state index is -0.689. The molecule has 0 N–H and O–H groups in total. The minimum absolute atomic E-state index is 0.139. The molecule has 1 nitrogen and oxygen atoms in total. The first-order chi connectivity index (χ1) is 9.58.